The minimum Gasteiger partial charge on any atom is -0.377 e. The summed E-state index contributed by atoms with van der Waals surface area (Å²) in [7, 11) is 5.66. The molecule has 0 aliphatic heterocycles. The molecule has 1 rings (SSSR count). The highest BCUT2D eigenvalue weighted by Gasteiger charge is 2.11. The third-order valence-corrected chi connectivity index (χ3v) is 2.71. The Balaban J connectivity index is 2.86. The van der Waals surface area contributed by atoms with Crippen molar-refractivity contribution in [2.24, 2.45) is 0 Å². The first-order valence-corrected chi connectivity index (χ1v) is 5.71. The Bertz CT molecular complexity index is 402. The molecule has 0 radical (unpaired) electrons. The third kappa shape index (κ3) is 3.37. The van der Waals surface area contributed by atoms with Crippen LogP contribution >= 0.6 is 0 Å². The average Bonchev–Trinajstić information content (AvgIpc) is 2.30. The summed E-state index contributed by atoms with van der Waals surface area (Å²) < 4.78 is 0. The second kappa shape index (κ2) is 5.57. The van der Waals surface area contributed by atoms with Gasteiger partial charge in [0.05, 0.1) is 0 Å². The lowest BCUT2D eigenvalue weighted by molar-refractivity contribution is -0.121. The lowest BCUT2D eigenvalue weighted by Gasteiger charge is -2.19. The molecule has 1 aromatic carbocycles. The van der Waals surface area contributed by atoms with E-state index < -0.39 is 0 Å². The third-order valence-electron chi connectivity index (χ3n) is 2.71. The van der Waals surface area contributed by atoms with E-state index in [2.05, 4.69) is 28.5 Å². The number of hydrogen-bond acceptors (Lipinski definition) is 3. The van der Waals surface area contributed by atoms with Crippen molar-refractivity contribution in [2.45, 2.75) is 19.9 Å². The van der Waals surface area contributed by atoms with Crippen LogP contribution in [0.3, 0.4) is 0 Å². The molecular formula is C13H21N3O. The molecule has 0 aliphatic carbocycles. The van der Waals surface area contributed by atoms with Crippen LogP contribution in [0.5, 0.6) is 0 Å². The van der Waals surface area contributed by atoms with E-state index in [4.69, 9.17) is 0 Å². The summed E-state index contributed by atoms with van der Waals surface area (Å²) in [5.74, 6) is -0.0167. The van der Waals surface area contributed by atoms with E-state index in [1.54, 1.807) is 7.05 Å². The topological polar surface area (TPSA) is 44.4 Å². The van der Waals surface area contributed by atoms with E-state index in [1.807, 2.05) is 33.2 Å². The molecule has 2 N–H and O–H groups in total. The van der Waals surface area contributed by atoms with Gasteiger partial charge in [0.15, 0.2) is 0 Å². The first kappa shape index (κ1) is 13.4. The number of nitrogens with one attached hydrogen (secondary N) is 2. The summed E-state index contributed by atoms with van der Waals surface area (Å²) in [5, 5.41) is 5.80. The number of carbonyl (C=O) groups is 1. The van der Waals surface area contributed by atoms with Crippen molar-refractivity contribution < 1.29 is 4.79 Å². The largest absolute Gasteiger partial charge is 0.377 e. The van der Waals surface area contributed by atoms with Crippen LogP contribution in [0.2, 0.25) is 0 Å². The normalized spacial score (nSPS) is 11.8. The molecule has 1 aromatic rings. The number of amides is 1. The Hall–Kier alpha value is -1.71. The van der Waals surface area contributed by atoms with Gasteiger partial charge in [0.2, 0.25) is 5.91 Å². The van der Waals surface area contributed by atoms with Crippen LogP contribution in [0.15, 0.2) is 18.2 Å². The minimum atomic E-state index is -0.238. The van der Waals surface area contributed by atoms with Gasteiger partial charge in [-0.1, -0.05) is 6.07 Å². The molecular weight excluding hydrogens is 214 g/mol. The van der Waals surface area contributed by atoms with Crippen molar-refractivity contribution in [3.05, 3.63) is 23.8 Å². The fourth-order valence-electron chi connectivity index (χ4n) is 1.71. The SMILES string of the molecule is CNC(=O)C(C)Nc1ccc(C)c(N(C)C)c1. The molecule has 0 fully saturated rings. The molecule has 0 saturated heterocycles. The second-order valence-corrected chi connectivity index (χ2v) is 4.38. The van der Waals surface area contributed by atoms with Gasteiger partial charge in [-0.05, 0) is 31.5 Å². The number of aryl methyl sites for hydroxylation is 1. The highest BCUT2D eigenvalue weighted by atomic mass is 16.2. The van der Waals surface area contributed by atoms with Crippen LogP contribution < -0.4 is 15.5 Å². The van der Waals surface area contributed by atoms with Crippen LogP contribution in [0.1, 0.15) is 12.5 Å². The summed E-state index contributed by atoms with van der Waals surface area (Å²) >= 11 is 0. The van der Waals surface area contributed by atoms with Crippen molar-refractivity contribution in [3.8, 4) is 0 Å². The maximum atomic E-state index is 11.4. The maximum Gasteiger partial charge on any atom is 0.241 e. The molecule has 17 heavy (non-hydrogen) atoms. The summed E-state index contributed by atoms with van der Waals surface area (Å²) in [4.78, 5) is 13.5. The number of rotatable bonds is 4. The standard InChI is InChI=1S/C13H21N3O/c1-9-6-7-11(8-12(9)16(4)5)15-10(2)13(17)14-3/h6-8,10,15H,1-5H3,(H,14,17). The Morgan fingerprint density at radius 2 is 2.00 bits per heavy atom. The lowest BCUT2D eigenvalue weighted by atomic mass is 10.1. The van der Waals surface area contributed by atoms with Crippen molar-refractivity contribution in [1.29, 1.82) is 0 Å². The zero-order chi connectivity index (χ0) is 13.0. The molecule has 0 heterocycles. The molecule has 0 bridgehead atoms. The van der Waals surface area contributed by atoms with Crippen molar-refractivity contribution in [2.75, 3.05) is 31.4 Å². The summed E-state index contributed by atoms with van der Waals surface area (Å²) in [6.07, 6.45) is 0. The first-order chi connectivity index (χ1) is 7.95. The van der Waals surface area contributed by atoms with Gasteiger partial charge < -0.3 is 15.5 Å². The predicted octanol–water partition coefficient (Wildman–Crippen LogP) is 1.61. The van der Waals surface area contributed by atoms with Crippen molar-refractivity contribution >= 4 is 17.3 Å². The number of carbonyl (C=O) groups excluding carboxylic acids is 1. The van der Waals surface area contributed by atoms with Gasteiger partial charge >= 0.3 is 0 Å². The van der Waals surface area contributed by atoms with E-state index in [1.165, 1.54) is 5.56 Å². The minimum absolute atomic E-state index is 0.0167. The summed E-state index contributed by atoms with van der Waals surface area (Å²) in [6, 6.07) is 5.85. The molecule has 1 unspecified atom stereocenters. The van der Waals surface area contributed by atoms with Crippen LogP contribution in [-0.4, -0.2) is 33.1 Å². The van der Waals surface area contributed by atoms with Crippen LogP contribution in [-0.2, 0) is 4.79 Å². The molecule has 4 heteroatoms. The predicted molar refractivity (Wildman–Crippen MR) is 72.7 cm³/mol. The summed E-state index contributed by atoms with van der Waals surface area (Å²) in [5.41, 5.74) is 3.32. The molecule has 4 nitrogen and oxygen atoms in total. The van der Waals surface area contributed by atoms with Gasteiger partial charge in [-0.2, -0.15) is 0 Å². The first-order valence-electron chi connectivity index (χ1n) is 5.71. The van der Waals surface area contributed by atoms with E-state index in [0.717, 1.165) is 11.4 Å². The molecule has 1 amide bonds. The van der Waals surface area contributed by atoms with E-state index in [-0.39, 0.29) is 11.9 Å². The highest BCUT2D eigenvalue weighted by molar-refractivity contribution is 5.84. The number of nitrogens with zero attached hydrogens (tertiary/aromatic N) is 1. The fraction of sp³-hybridized carbons (Fsp3) is 0.462. The van der Waals surface area contributed by atoms with Crippen LogP contribution in [0.4, 0.5) is 11.4 Å². The van der Waals surface area contributed by atoms with Gasteiger partial charge in [0.25, 0.3) is 0 Å². The molecule has 1 atom stereocenters. The molecule has 0 aliphatic rings. The van der Waals surface area contributed by atoms with E-state index in [9.17, 15) is 4.79 Å². The Morgan fingerprint density at radius 1 is 1.35 bits per heavy atom. The Labute approximate surface area is 103 Å². The number of anilines is 2. The second-order valence-electron chi connectivity index (χ2n) is 4.38. The fourth-order valence-corrected chi connectivity index (χ4v) is 1.71. The van der Waals surface area contributed by atoms with Crippen molar-refractivity contribution in [3.63, 3.8) is 0 Å². The maximum absolute atomic E-state index is 11.4. The zero-order valence-electron chi connectivity index (χ0n) is 11.2. The molecule has 0 aromatic heterocycles. The lowest BCUT2D eigenvalue weighted by Crippen LogP contribution is -2.35. The molecule has 0 saturated carbocycles. The van der Waals surface area contributed by atoms with E-state index >= 15 is 0 Å². The number of likely N-dealkylation sites (N-methyl/N-ethyl adjacent to an activating group) is 1. The number of hydrogen-bond donors (Lipinski definition) is 2. The Morgan fingerprint density at radius 3 is 2.53 bits per heavy atom. The monoisotopic (exact) mass is 235 g/mol. The Kier molecular flexibility index (Phi) is 4.37. The van der Waals surface area contributed by atoms with Gasteiger partial charge in [-0.25, -0.2) is 0 Å². The summed E-state index contributed by atoms with van der Waals surface area (Å²) in [6.45, 7) is 3.91. The quantitative estimate of drug-likeness (QED) is 0.833. The van der Waals surface area contributed by atoms with Crippen molar-refractivity contribution in [1.82, 2.24) is 5.32 Å². The van der Waals surface area contributed by atoms with Gasteiger partial charge in [-0.3, -0.25) is 4.79 Å². The molecule has 0 spiro atoms. The zero-order valence-corrected chi connectivity index (χ0v) is 11.2. The highest BCUT2D eigenvalue weighted by Crippen LogP contribution is 2.22. The van der Waals surface area contributed by atoms with Crippen LogP contribution in [0.25, 0.3) is 0 Å². The van der Waals surface area contributed by atoms with Gasteiger partial charge in [0, 0.05) is 32.5 Å². The van der Waals surface area contributed by atoms with Gasteiger partial charge in [-0.15, -0.1) is 0 Å². The average molecular weight is 235 g/mol. The van der Waals surface area contributed by atoms with Gasteiger partial charge in [0.1, 0.15) is 6.04 Å². The van der Waals surface area contributed by atoms with E-state index in [0.29, 0.717) is 0 Å². The smallest absolute Gasteiger partial charge is 0.241 e. The molecule has 94 valence electrons. The number of benzene rings is 1. The van der Waals surface area contributed by atoms with Crippen LogP contribution in [0, 0.1) is 6.92 Å².